The standard InChI is InChI=1S/C19H22ClNO/c1-4-18(16-10-9-13(2)14(3)11-16)21-19(22)12-15-7-5-6-8-17(15)20/h5-11,18H,4,12H2,1-3H3,(H,21,22). The van der Waals surface area contributed by atoms with E-state index in [9.17, 15) is 4.79 Å². The highest BCUT2D eigenvalue weighted by atomic mass is 35.5. The van der Waals surface area contributed by atoms with Gasteiger partial charge in [-0.3, -0.25) is 4.79 Å². The Kier molecular flexibility index (Phi) is 5.62. The van der Waals surface area contributed by atoms with Crippen molar-refractivity contribution in [2.24, 2.45) is 0 Å². The van der Waals surface area contributed by atoms with Crippen LogP contribution in [0.4, 0.5) is 0 Å². The molecule has 0 radical (unpaired) electrons. The summed E-state index contributed by atoms with van der Waals surface area (Å²) >= 11 is 6.11. The molecular weight excluding hydrogens is 294 g/mol. The third kappa shape index (κ3) is 4.11. The number of aryl methyl sites for hydroxylation is 2. The molecule has 0 saturated heterocycles. The average Bonchev–Trinajstić information content (AvgIpc) is 2.50. The van der Waals surface area contributed by atoms with Gasteiger partial charge in [0, 0.05) is 5.02 Å². The first-order valence-electron chi connectivity index (χ1n) is 7.61. The van der Waals surface area contributed by atoms with Gasteiger partial charge in [0.1, 0.15) is 0 Å². The fourth-order valence-electron chi connectivity index (χ4n) is 2.46. The van der Waals surface area contributed by atoms with E-state index >= 15 is 0 Å². The molecule has 0 aliphatic heterocycles. The molecule has 116 valence electrons. The highest BCUT2D eigenvalue weighted by molar-refractivity contribution is 6.31. The van der Waals surface area contributed by atoms with Gasteiger partial charge in [-0.15, -0.1) is 0 Å². The van der Waals surface area contributed by atoms with Crippen LogP contribution in [0, 0.1) is 13.8 Å². The first kappa shape index (κ1) is 16.6. The minimum atomic E-state index is -0.00169. The van der Waals surface area contributed by atoms with Crippen molar-refractivity contribution in [2.75, 3.05) is 0 Å². The first-order valence-corrected chi connectivity index (χ1v) is 7.99. The third-order valence-corrected chi connectivity index (χ3v) is 4.35. The van der Waals surface area contributed by atoms with Crippen molar-refractivity contribution >= 4 is 17.5 Å². The molecule has 22 heavy (non-hydrogen) atoms. The van der Waals surface area contributed by atoms with Gasteiger partial charge in [-0.1, -0.05) is 54.9 Å². The van der Waals surface area contributed by atoms with Crippen LogP contribution in [-0.2, 0) is 11.2 Å². The van der Waals surface area contributed by atoms with E-state index in [1.54, 1.807) is 0 Å². The molecule has 1 atom stereocenters. The van der Waals surface area contributed by atoms with Crippen molar-refractivity contribution in [2.45, 2.75) is 39.7 Å². The van der Waals surface area contributed by atoms with Crippen LogP contribution < -0.4 is 5.32 Å². The Morgan fingerprint density at radius 3 is 2.50 bits per heavy atom. The predicted octanol–water partition coefficient (Wildman–Crippen LogP) is 4.77. The molecule has 2 aromatic carbocycles. The molecule has 2 nitrogen and oxygen atoms in total. The topological polar surface area (TPSA) is 29.1 Å². The molecule has 0 bridgehead atoms. The molecule has 2 rings (SSSR count). The first-order chi connectivity index (χ1) is 10.5. The average molecular weight is 316 g/mol. The Balaban J connectivity index is 2.08. The minimum absolute atomic E-state index is 0.00169. The molecular formula is C19H22ClNO. The lowest BCUT2D eigenvalue weighted by Crippen LogP contribution is -2.29. The van der Waals surface area contributed by atoms with E-state index < -0.39 is 0 Å². The molecule has 0 spiro atoms. The van der Waals surface area contributed by atoms with Gasteiger partial charge in [0.05, 0.1) is 12.5 Å². The van der Waals surface area contributed by atoms with E-state index in [0.29, 0.717) is 11.4 Å². The zero-order valence-electron chi connectivity index (χ0n) is 13.3. The molecule has 3 heteroatoms. The Bertz CT molecular complexity index is 666. The number of carbonyl (C=O) groups excluding carboxylic acids is 1. The van der Waals surface area contributed by atoms with E-state index in [1.165, 1.54) is 11.1 Å². The number of amides is 1. The monoisotopic (exact) mass is 315 g/mol. The molecule has 0 fully saturated rings. The van der Waals surface area contributed by atoms with Gasteiger partial charge in [-0.25, -0.2) is 0 Å². The molecule has 0 saturated carbocycles. The molecule has 2 aromatic rings. The predicted molar refractivity (Wildman–Crippen MR) is 92.2 cm³/mol. The summed E-state index contributed by atoms with van der Waals surface area (Å²) in [5.41, 5.74) is 4.52. The second kappa shape index (κ2) is 7.46. The highest BCUT2D eigenvalue weighted by Gasteiger charge is 2.14. The van der Waals surface area contributed by atoms with Crippen molar-refractivity contribution in [3.63, 3.8) is 0 Å². The maximum absolute atomic E-state index is 12.3. The van der Waals surface area contributed by atoms with Crippen LogP contribution in [0.3, 0.4) is 0 Å². The quantitative estimate of drug-likeness (QED) is 0.846. The van der Waals surface area contributed by atoms with Gasteiger partial charge in [-0.05, 0) is 48.6 Å². The maximum atomic E-state index is 12.3. The van der Waals surface area contributed by atoms with Gasteiger partial charge in [-0.2, -0.15) is 0 Å². The van der Waals surface area contributed by atoms with Gasteiger partial charge < -0.3 is 5.32 Å². The second-order valence-electron chi connectivity index (χ2n) is 5.64. The molecule has 1 amide bonds. The summed E-state index contributed by atoms with van der Waals surface area (Å²) in [4.78, 5) is 12.3. The SMILES string of the molecule is CCC(NC(=O)Cc1ccccc1Cl)c1ccc(C)c(C)c1. The Labute approximate surface area is 137 Å². The van der Waals surface area contributed by atoms with Gasteiger partial charge in [0.2, 0.25) is 5.91 Å². The summed E-state index contributed by atoms with van der Waals surface area (Å²) in [5, 5.41) is 3.74. The molecule has 1 unspecified atom stereocenters. The van der Waals surface area contributed by atoms with Crippen molar-refractivity contribution in [3.8, 4) is 0 Å². The molecule has 1 N–H and O–H groups in total. The van der Waals surface area contributed by atoms with Crippen LogP contribution in [0.15, 0.2) is 42.5 Å². The minimum Gasteiger partial charge on any atom is -0.349 e. The van der Waals surface area contributed by atoms with Crippen LogP contribution in [0.25, 0.3) is 0 Å². The maximum Gasteiger partial charge on any atom is 0.224 e. The lowest BCUT2D eigenvalue weighted by molar-refractivity contribution is -0.121. The summed E-state index contributed by atoms with van der Waals surface area (Å²) in [6.45, 7) is 6.27. The van der Waals surface area contributed by atoms with Crippen molar-refractivity contribution < 1.29 is 4.79 Å². The van der Waals surface area contributed by atoms with Crippen LogP contribution in [0.5, 0.6) is 0 Å². The summed E-state index contributed by atoms with van der Waals surface area (Å²) in [6.07, 6.45) is 1.16. The normalized spacial score (nSPS) is 12.0. The van der Waals surface area contributed by atoms with Gasteiger partial charge in [0.15, 0.2) is 0 Å². The number of hydrogen-bond acceptors (Lipinski definition) is 1. The Morgan fingerprint density at radius 1 is 1.14 bits per heavy atom. The number of carbonyl (C=O) groups is 1. The van der Waals surface area contributed by atoms with Crippen molar-refractivity contribution in [1.82, 2.24) is 5.32 Å². The highest BCUT2D eigenvalue weighted by Crippen LogP contribution is 2.21. The molecule has 0 aliphatic rings. The van der Waals surface area contributed by atoms with E-state index in [0.717, 1.165) is 17.5 Å². The second-order valence-corrected chi connectivity index (χ2v) is 6.05. The molecule has 0 heterocycles. The lowest BCUT2D eigenvalue weighted by atomic mass is 9.99. The van der Waals surface area contributed by atoms with E-state index in [2.05, 4.69) is 44.3 Å². The molecule has 0 aliphatic carbocycles. The summed E-state index contributed by atoms with van der Waals surface area (Å²) in [5.74, 6) is -0.00169. The number of nitrogens with one attached hydrogen (secondary N) is 1. The van der Waals surface area contributed by atoms with Crippen LogP contribution in [0.1, 0.15) is 41.6 Å². The molecule has 0 aromatic heterocycles. The number of benzene rings is 2. The Hall–Kier alpha value is -1.80. The van der Waals surface area contributed by atoms with E-state index in [-0.39, 0.29) is 11.9 Å². The zero-order chi connectivity index (χ0) is 16.1. The summed E-state index contributed by atoms with van der Waals surface area (Å²) in [7, 11) is 0. The van der Waals surface area contributed by atoms with E-state index in [4.69, 9.17) is 11.6 Å². The Morgan fingerprint density at radius 2 is 1.86 bits per heavy atom. The zero-order valence-corrected chi connectivity index (χ0v) is 14.1. The smallest absolute Gasteiger partial charge is 0.224 e. The lowest BCUT2D eigenvalue weighted by Gasteiger charge is -2.19. The van der Waals surface area contributed by atoms with Crippen LogP contribution in [0.2, 0.25) is 5.02 Å². The fraction of sp³-hybridized carbons (Fsp3) is 0.316. The fourth-order valence-corrected chi connectivity index (χ4v) is 2.67. The third-order valence-electron chi connectivity index (χ3n) is 3.99. The number of halogens is 1. The summed E-state index contributed by atoms with van der Waals surface area (Å²) in [6, 6.07) is 13.8. The van der Waals surface area contributed by atoms with Crippen molar-refractivity contribution in [1.29, 1.82) is 0 Å². The number of rotatable bonds is 5. The number of hydrogen-bond donors (Lipinski definition) is 1. The van der Waals surface area contributed by atoms with Crippen LogP contribution in [-0.4, -0.2) is 5.91 Å². The van der Waals surface area contributed by atoms with Gasteiger partial charge >= 0.3 is 0 Å². The van der Waals surface area contributed by atoms with E-state index in [1.807, 2.05) is 24.3 Å². The largest absolute Gasteiger partial charge is 0.349 e. The van der Waals surface area contributed by atoms with Crippen molar-refractivity contribution in [3.05, 3.63) is 69.7 Å². The van der Waals surface area contributed by atoms with Gasteiger partial charge in [0.25, 0.3) is 0 Å². The van der Waals surface area contributed by atoms with Crippen LogP contribution >= 0.6 is 11.6 Å². The summed E-state index contributed by atoms with van der Waals surface area (Å²) < 4.78 is 0.